The molecule has 1 fully saturated rings. The number of nitrogens with zero attached hydrogens (tertiary/aromatic N) is 2. The van der Waals surface area contributed by atoms with Crippen LogP contribution in [0.25, 0.3) is 0 Å². The summed E-state index contributed by atoms with van der Waals surface area (Å²) >= 11 is 0. The molecule has 2 aromatic rings. The molecule has 4 rings (SSSR count). The van der Waals surface area contributed by atoms with Gasteiger partial charge in [-0.25, -0.2) is 0 Å². The van der Waals surface area contributed by atoms with E-state index >= 15 is 0 Å². The van der Waals surface area contributed by atoms with Crippen LogP contribution >= 0.6 is 0 Å². The molecule has 27 heavy (non-hydrogen) atoms. The molecule has 0 aliphatic carbocycles. The van der Waals surface area contributed by atoms with Crippen LogP contribution < -0.4 is 9.47 Å². The molecule has 2 aliphatic rings. The van der Waals surface area contributed by atoms with Crippen molar-refractivity contribution < 1.29 is 9.47 Å². The number of aryl methyl sites for hydroxylation is 1. The third-order valence-electron chi connectivity index (χ3n) is 6.14. The van der Waals surface area contributed by atoms with E-state index in [2.05, 4.69) is 56.1 Å². The lowest BCUT2D eigenvalue weighted by Crippen LogP contribution is -2.42. The monoisotopic (exact) mass is 364 g/mol. The van der Waals surface area contributed by atoms with Gasteiger partial charge in [-0.05, 0) is 62.7 Å². The van der Waals surface area contributed by atoms with Gasteiger partial charge in [0.05, 0.1) is 26.0 Å². The van der Waals surface area contributed by atoms with Crippen molar-refractivity contribution >= 4 is 5.71 Å². The zero-order chi connectivity index (χ0) is 19.1. The Morgan fingerprint density at radius 1 is 1.04 bits per heavy atom. The summed E-state index contributed by atoms with van der Waals surface area (Å²) in [5.41, 5.74) is 7.41. The largest absolute Gasteiger partial charge is 0.493 e. The summed E-state index contributed by atoms with van der Waals surface area (Å²) in [4.78, 5) is 7.68. The number of ether oxygens (including phenoxy) is 2. The minimum atomic E-state index is 0.321. The summed E-state index contributed by atoms with van der Waals surface area (Å²) in [5, 5.41) is 0. The van der Waals surface area contributed by atoms with Gasteiger partial charge in [0, 0.05) is 23.6 Å². The average molecular weight is 364 g/mol. The van der Waals surface area contributed by atoms with Crippen LogP contribution in [-0.4, -0.2) is 51.0 Å². The molecule has 4 nitrogen and oxygen atoms in total. The number of likely N-dealkylation sites (tertiary alicyclic amines) is 1. The first-order valence-electron chi connectivity index (χ1n) is 9.62. The summed E-state index contributed by atoms with van der Waals surface area (Å²) in [6, 6.07) is 11.1. The molecular formula is C23H28N2O2. The molecule has 2 heterocycles. The van der Waals surface area contributed by atoms with E-state index in [0.717, 1.165) is 36.7 Å². The normalized spacial score (nSPS) is 21.9. The number of hydrogen-bond acceptors (Lipinski definition) is 4. The van der Waals surface area contributed by atoms with E-state index in [1.54, 1.807) is 14.2 Å². The number of piperidine rings is 1. The second kappa shape index (κ2) is 7.01. The number of hydrogen-bond donors (Lipinski definition) is 0. The quantitative estimate of drug-likeness (QED) is 0.827. The highest BCUT2D eigenvalue weighted by atomic mass is 16.5. The summed E-state index contributed by atoms with van der Waals surface area (Å²) in [7, 11) is 5.59. The van der Waals surface area contributed by atoms with E-state index in [1.807, 2.05) is 0 Å². The highest BCUT2D eigenvalue weighted by Gasteiger charge is 2.36. The first-order valence-corrected chi connectivity index (χ1v) is 9.62. The molecule has 0 radical (unpaired) electrons. The van der Waals surface area contributed by atoms with E-state index in [9.17, 15) is 0 Å². The fourth-order valence-corrected chi connectivity index (χ4v) is 4.43. The second-order valence-electron chi connectivity index (χ2n) is 7.74. The van der Waals surface area contributed by atoms with Crippen molar-refractivity contribution in [1.29, 1.82) is 0 Å². The third kappa shape index (κ3) is 3.02. The first-order chi connectivity index (χ1) is 13.0. The summed E-state index contributed by atoms with van der Waals surface area (Å²) < 4.78 is 11.2. The maximum absolute atomic E-state index is 5.61. The van der Waals surface area contributed by atoms with Gasteiger partial charge >= 0.3 is 0 Å². The van der Waals surface area contributed by atoms with Gasteiger partial charge in [0.25, 0.3) is 0 Å². The van der Waals surface area contributed by atoms with Crippen molar-refractivity contribution in [2.75, 3.05) is 34.4 Å². The van der Waals surface area contributed by atoms with Crippen LogP contribution in [0.4, 0.5) is 0 Å². The van der Waals surface area contributed by atoms with Crippen LogP contribution in [0.5, 0.6) is 11.5 Å². The minimum absolute atomic E-state index is 0.321. The van der Waals surface area contributed by atoms with E-state index in [-0.39, 0.29) is 0 Å². The van der Waals surface area contributed by atoms with E-state index in [4.69, 9.17) is 14.5 Å². The molecule has 0 N–H and O–H groups in total. The van der Waals surface area contributed by atoms with E-state index in [1.165, 1.54) is 27.8 Å². The Labute approximate surface area is 161 Å². The minimum Gasteiger partial charge on any atom is -0.493 e. The first kappa shape index (κ1) is 18.1. The zero-order valence-electron chi connectivity index (χ0n) is 16.9. The molecular weight excluding hydrogens is 336 g/mol. The summed E-state index contributed by atoms with van der Waals surface area (Å²) in [6.07, 6.45) is 1.09. The number of aliphatic imine (C=N–C) groups is 1. The van der Waals surface area contributed by atoms with Gasteiger partial charge in [0.1, 0.15) is 0 Å². The van der Waals surface area contributed by atoms with Crippen LogP contribution in [0.1, 0.15) is 40.2 Å². The Kier molecular flexibility index (Phi) is 4.68. The number of rotatable bonds is 3. The number of methoxy groups -OCH3 is 2. The van der Waals surface area contributed by atoms with Gasteiger partial charge in [-0.1, -0.05) is 18.2 Å². The van der Waals surface area contributed by atoms with Gasteiger partial charge < -0.3 is 14.4 Å². The maximum Gasteiger partial charge on any atom is 0.161 e. The van der Waals surface area contributed by atoms with Gasteiger partial charge in [-0.2, -0.15) is 0 Å². The number of benzene rings is 2. The zero-order valence-corrected chi connectivity index (χ0v) is 16.9. The van der Waals surface area contributed by atoms with Crippen molar-refractivity contribution in [2.24, 2.45) is 4.99 Å². The lowest BCUT2D eigenvalue weighted by Gasteiger charge is -2.39. The molecule has 0 amide bonds. The fraction of sp³-hybridized carbons (Fsp3) is 0.435. The van der Waals surface area contributed by atoms with Crippen LogP contribution in [0.15, 0.2) is 35.3 Å². The molecule has 142 valence electrons. The van der Waals surface area contributed by atoms with Crippen LogP contribution in [0.3, 0.4) is 0 Å². The fourth-order valence-electron chi connectivity index (χ4n) is 4.43. The van der Waals surface area contributed by atoms with E-state index < -0.39 is 0 Å². The van der Waals surface area contributed by atoms with Crippen LogP contribution in [0.2, 0.25) is 0 Å². The molecule has 4 heteroatoms. The standard InChI is InChI=1S/C23H28N2O2/c1-14-7-6-8-16(15(14)2)23-18-12-22(27-5)21(26-4)11-17(18)19-13-25(3)10-9-20(19)24-23/h6-8,11-12,19-20H,9-10,13H2,1-5H3/t19-,20-/m1/s1. The molecule has 2 atom stereocenters. The van der Waals surface area contributed by atoms with Crippen LogP contribution in [-0.2, 0) is 0 Å². The van der Waals surface area contributed by atoms with Gasteiger partial charge in [0.2, 0.25) is 0 Å². The predicted octanol–water partition coefficient (Wildman–Crippen LogP) is 3.96. The topological polar surface area (TPSA) is 34.1 Å². The Balaban J connectivity index is 1.94. The summed E-state index contributed by atoms with van der Waals surface area (Å²) in [5.74, 6) is 1.95. The van der Waals surface area contributed by atoms with Crippen molar-refractivity contribution in [3.63, 3.8) is 0 Å². The maximum atomic E-state index is 5.61. The molecule has 2 aliphatic heterocycles. The van der Waals surface area contributed by atoms with Gasteiger partial charge in [-0.15, -0.1) is 0 Å². The van der Waals surface area contributed by atoms with Gasteiger partial charge in [-0.3, -0.25) is 4.99 Å². The average Bonchev–Trinajstić information content (AvgIpc) is 2.68. The number of likely N-dealkylation sites (N-methyl/N-ethyl adjacent to an activating group) is 1. The lowest BCUT2D eigenvalue weighted by atomic mass is 9.78. The van der Waals surface area contributed by atoms with Gasteiger partial charge in [0.15, 0.2) is 11.5 Å². The van der Waals surface area contributed by atoms with Crippen molar-refractivity contribution in [3.8, 4) is 11.5 Å². The third-order valence-corrected chi connectivity index (χ3v) is 6.14. The Morgan fingerprint density at radius 2 is 1.78 bits per heavy atom. The molecule has 1 saturated heterocycles. The molecule has 0 saturated carbocycles. The molecule has 0 spiro atoms. The smallest absolute Gasteiger partial charge is 0.161 e. The Morgan fingerprint density at radius 3 is 2.52 bits per heavy atom. The number of fused-ring (bicyclic) bond motifs is 3. The van der Waals surface area contributed by atoms with E-state index in [0.29, 0.717) is 12.0 Å². The Bertz CT molecular complexity index is 903. The molecule has 2 aromatic carbocycles. The van der Waals surface area contributed by atoms with Crippen molar-refractivity contribution in [3.05, 3.63) is 58.1 Å². The Hall–Kier alpha value is -2.33. The van der Waals surface area contributed by atoms with Crippen molar-refractivity contribution in [2.45, 2.75) is 32.2 Å². The lowest BCUT2D eigenvalue weighted by molar-refractivity contribution is 0.227. The molecule has 0 bridgehead atoms. The van der Waals surface area contributed by atoms with Crippen LogP contribution in [0, 0.1) is 13.8 Å². The summed E-state index contributed by atoms with van der Waals surface area (Å²) in [6.45, 7) is 6.47. The highest BCUT2D eigenvalue weighted by Crippen LogP contribution is 2.42. The highest BCUT2D eigenvalue weighted by molar-refractivity contribution is 6.15. The van der Waals surface area contributed by atoms with Crippen molar-refractivity contribution in [1.82, 2.24) is 4.90 Å². The molecule has 0 aromatic heterocycles. The second-order valence-corrected chi connectivity index (χ2v) is 7.74. The SMILES string of the molecule is COc1cc2c(cc1OC)[C@H]1CN(C)CC[C@H]1N=C2c1cccc(C)c1C. The predicted molar refractivity (Wildman–Crippen MR) is 110 cm³/mol. The molecule has 0 unspecified atom stereocenters.